The summed E-state index contributed by atoms with van der Waals surface area (Å²) in [6.07, 6.45) is 5.68. The summed E-state index contributed by atoms with van der Waals surface area (Å²) in [5.41, 5.74) is 0. The molecule has 6 heteroatoms. The Bertz CT molecular complexity index is 608. The molecule has 0 amide bonds. The standard InChI is InChI=1S/C16H19N5O/c1-2-5-17-15(4-1)20-8-12-11-22-14-10-21(9-13(12)14)16-18-6-3-7-19-16/h1-7,12-14H,8-11H2,(H,17,20)/t12-,13+,14+/m0/s1. The van der Waals surface area contributed by atoms with Gasteiger partial charge >= 0.3 is 0 Å². The number of aromatic nitrogens is 3. The van der Waals surface area contributed by atoms with Crippen molar-refractivity contribution in [3.8, 4) is 0 Å². The van der Waals surface area contributed by atoms with Crippen LogP contribution in [0.5, 0.6) is 0 Å². The average molecular weight is 297 g/mol. The van der Waals surface area contributed by atoms with E-state index in [0.717, 1.165) is 38.0 Å². The van der Waals surface area contributed by atoms with Gasteiger partial charge in [-0.1, -0.05) is 6.07 Å². The van der Waals surface area contributed by atoms with Crippen molar-refractivity contribution in [1.29, 1.82) is 0 Å². The number of hydrogen-bond acceptors (Lipinski definition) is 6. The smallest absolute Gasteiger partial charge is 0.225 e. The van der Waals surface area contributed by atoms with Gasteiger partial charge in [0.1, 0.15) is 5.82 Å². The summed E-state index contributed by atoms with van der Waals surface area (Å²) in [5, 5.41) is 3.41. The van der Waals surface area contributed by atoms with Gasteiger partial charge in [-0.25, -0.2) is 15.0 Å². The summed E-state index contributed by atoms with van der Waals surface area (Å²) in [5.74, 6) is 2.75. The molecule has 6 nitrogen and oxygen atoms in total. The molecule has 22 heavy (non-hydrogen) atoms. The SMILES string of the molecule is c1ccc(NC[C@H]2CO[C@@H]3CN(c4ncccn4)C[C@H]23)nc1. The largest absolute Gasteiger partial charge is 0.376 e. The topological polar surface area (TPSA) is 63.2 Å². The minimum absolute atomic E-state index is 0.291. The van der Waals surface area contributed by atoms with Crippen molar-refractivity contribution in [2.24, 2.45) is 11.8 Å². The molecule has 0 unspecified atom stereocenters. The van der Waals surface area contributed by atoms with Gasteiger partial charge in [-0.05, 0) is 18.2 Å². The zero-order valence-corrected chi connectivity index (χ0v) is 12.3. The average Bonchev–Trinajstić information content (AvgIpc) is 3.16. The molecule has 2 aromatic heterocycles. The third kappa shape index (κ3) is 2.62. The second kappa shape index (κ2) is 5.88. The first-order valence-electron chi connectivity index (χ1n) is 7.68. The highest BCUT2D eigenvalue weighted by Crippen LogP contribution is 2.34. The van der Waals surface area contributed by atoms with E-state index in [4.69, 9.17) is 4.74 Å². The zero-order chi connectivity index (χ0) is 14.8. The fourth-order valence-corrected chi connectivity index (χ4v) is 3.33. The van der Waals surface area contributed by atoms with Crippen LogP contribution in [0.25, 0.3) is 0 Å². The van der Waals surface area contributed by atoms with Crippen LogP contribution in [0.1, 0.15) is 0 Å². The highest BCUT2D eigenvalue weighted by molar-refractivity contribution is 5.34. The normalized spacial score (nSPS) is 26.9. The maximum Gasteiger partial charge on any atom is 0.225 e. The lowest BCUT2D eigenvalue weighted by Crippen LogP contribution is -2.28. The van der Waals surface area contributed by atoms with E-state index in [-0.39, 0.29) is 0 Å². The summed E-state index contributed by atoms with van der Waals surface area (Å²) in [7, 11) is 0. The van der Waals surface area contributed by atoms with Crippen molar-refractivity contribution < 1.29 is 4.74 Å². The van der Waals surface area contributed by atoms with E-state index < -0.39 is 0 Å². The van der Waals surface area contributed by atoms with Gasteiger partial charge in [0, 0.05) is 50.1 Å². The van der Waals surface area contributed by atoms with E-state index in [1.807, 2.05) is 24.3 Å². The van der Waals surface area contributed by atoms with Crippen molar-refractivity contribution in [2.45, 2.75) is 6.10 Å². The maximum absolute atomic E-state index is 5.97. The summed E-state index contributed by atoms with van der Waals surface area (Å²) >= 11 is 0. The number of nitrogens with zero attached hydrogens (tertiary/aromatic N) is 4. The molecule has 0 bridgehead atoms. The van der Waals surface area contributed by atoms with Gasteiger partial charge in [0.15, 0.2) is 0 Å². The molecule has 2 aliphatic rings. The molecule has 3 atom stereocenters. The minimum Gasteiger partial charge on any atom is -0.376 e. The van der Waals surface area contributed by atoms with Gasteiger partial charge in [-0.2, -0.15) is 0 Å². The lowest BCUT2D eigenvalue weighted by Gasteiger charge is -2.20. The lowest BCUT2D eigenvalue weighted by molar-refractivity contribution is 0.111. The summed E-state index contributed by atoms with van der Waals surface area (Å²) in [6.45, 7) is 3.55. The molecule has 0 radical (unpaired) electrons. The van der Waals surface area contributed by atoms with Crippen LogP contribution >= 0.6 is 0 Å². The Hall–Kier alpha value is -2.21. The quantitative estimate of drug-likeness (QED) is 0.921. The predicted octanol–water partition coefficient (Wildman–Crippen LogP) is 1.43. The van der Waals surface area contributed by atoms with Crippen molar-refractivity contribution in [1.82, 2.24) is 15.0 Å². The molecule has 2 aromatic rings. The molecule has 0 saturated carbocycles. The first-order chi connectivity index (χ1) is 10.9. The van der Waals surface area contributed by atoms with Gasteiger partial charge in [-0.3, -0.25) is 0 Å². The Morgan fingerprint density at radius 1 is 1.09 bits per heavy atom. The molecule has 0 aromatic carbocycles. The Morgan fingerprint density at radius 3 is 2.77 bits per heavy atom. The molecule has 2 saturated heterocycles. The molecule has 114 valence electrons. The Kier molecular flexibility index (Phi) is 3.60. The Balaban J connectivity index is 1.38. The van der Waals surface area contributed by atoms with Gasteiger partial charge in [0.25, 0.3) is 0 Å². The molecule has 0 aliphatic carbocycles. The summed E-state index contributed by atoms with van der Waals surface area (Å²) < 4.78 is 5.97. The number of hydrogen-bond donors (Lipinski definition) is 1. The second-order valence-corrected chi connectivity index (χ2v) is 5.85. The maximum atomic E-state index is 5.97. The van der Waals surface area contributed by atoms with Crippen molar-refractivity contribution in [3.05, 3.63) is 42.9 Å². The molecular formula is C16H19N5O. The van der Waals surface area contributed by atoms with Gasteiger partial charge in [-0.15, -0.1) is 0 Å². The van der Waals surface area contributed by atoms with Crippen LogP contribution in [-0.4, -0.2) is 47.3 Å². The number of fused-ring (bicyclic) bond motifs is 1. The van der Waals surface area contributed by atoms with E-state index in [1.165, 1.54) is 0 Å². The number of rotatable bonds is 4. The van der Waals surface area contributed by atoms with Crippen molar-refractivity contribution in [3.63, 3.8) is 0 Å². The van der Waals surface area contributed by atoms with E-state index >= 15 is 0 Å². The fourth-order valence-electron chi connectivity index (χ4n) is 3.33. The fraction of sp³-hybridized carbons (Fsp3) is 0.438. The van der Waals surface area contributed by atoms with E-state index in [0.29, 0.717) is 17.9 Å². The molecule has 4 heterocycles. The monoisotopic (exact) mass is 297 g/mol. The second-order valence-electron chi connectivity index (χ2n) is 5.85. The van der Waals surface area contributed by atoms with Gasteiger partial charge < -0.3 is 15.0 Å². The molecule has 0 spiro atoms. The molecule has 4 rings (SSSR count). The van der Waals surface area contributed by atoms with Crippen LogP contribution in [0, 0.1) is 11.8 Å². The van der Waals surface area contributed by atoms with Crippen LogP contribution in [-0.2, 0) is 4.74 Å². The van der Waals surface area contributed by atoms with Crippen molar-refractivity contribution in [2.75, 3.05) is 36.5 Å². The lowest BCUT2D eigenvalue weighted by atomic mass is 9.93. The van der Waals surface area contributed by atoms with E-state index in [1.54, 1.807) is 18.6 Å². The molecular weight excluding hydrogens is 278 g/mol. The van der Waals surface area contributed by atoms with E-state index in [2.05, 4.69) is 25.2 Å². The van der Waals surface area contributed by atoms with Crippen LogP contribution in [0.2, 0.25) is 0 Å². The zero-order valence-electron chi connectivity index (χ0n) is 12.3. The van der Waals surface area contributed by atoms with Gasteiger partial charge in [0.05, 0.1) is 12.7 Å². The van der Waals surface area contributed by atoms with Crippen LogP contribution in [0.15, 0.2) is 42.9 Å². The van der Waals surface area contributed by atoms with Crippen LogP contribution < -0.4 is 10.2 Å². The third-order valence-corrected chi connectivity index (χ3v) is 4.48. The predicted molar refractivity (Wildman–Crippen MR) is 83.7 cm³/mol. The first-order valence-corrected chi connectivity index (χ1v) is 7.68. The number of pyridine rings is 1. The summed E-state index contributed by atoms with van der Waals surface area (Å²) in [6, 6.07) is 7.75. The van der Waals surface area contributed by atoms with Crippen LogP contribution in [0.3, 0.4) is 0 Å². The molecule has 2 fully saturated rings. The highest BCUT2D eigenvalue weighted by Gasteiger charge is 2.44. The highest BCUT2D eigenvalue weighted by atomic mass is 16.5. The van der Waals surface area contributed by atoms with Crippen LogP contribution in [0.4, 0.5) is 11.8 Å². The minimum atomic E-state index is 0.291. The number of ether oxygens (including phenoxy) is 1. The molecule has 1 N–H and O–H groups in total. The molecule has 2 aliphatic heterocycles. The summed E-state index contributed by atoms with van der Waals surface area (Å²) in [4.78, 5) is 15.2. The van der Waals surface area contributed by atoms with Gasteiger partial charge in [0.2, 0.25) is 5.95 Å². The van der Waals surface area contributed by atoms with E-state index in [9.17, 15) is 0 Å². The number of anilines is 2. The Labute approximate surface area is 129 Å². The van der Waals surface area contributed by atoms with Crippen molar-refractivity contribution >= 4 is 11.8 Å². The number of nitrogens with one attached hydrogen (secondary N) is 1. The third-order valence-electron chi connectivity index (χ3n) is 4.48. The first kappa shape index (κ1) is 13.5. The Morgan fingerprint density at radius 2 is 1.95 bits per heavy atom.